The lowest BCUT2D eigenvalue weighted by Crippen LogP contribution is -2.37. The molecule has 2 rings (SSSR count). The van der Waals surface area contributed by atoms with Crippen LogP contribution in [-0.4, -0.2) is 22.1 Å². The molecule has 21 heavy (non-hydrogen) atoms. The van der Waals surface area contributed by atoms with Gasteiger partial charge in [-0.15, -0.1) is 0 Å². The van der Waals surface area contributed by atoms with Gasteiger partial charge in [-0.25, -0.2) is 9.97 Å². The average molecular weight is 291 g/mol. The Morgan fingerprint density at radius 2 is 1.95 bits per heavy atom. The van der Waals surface area contributed by atoms with Crippen molar-refractivity contribution in [1.29, 1.82) is 0 Å². The largest absolute Gasteiger partial charge is 0.367 e. The Morgan fingerprint density at radius 1 is 1.24 bits per heavy atom. The number of aromatic nitrogens is 2. The van der Waals surface area contributed by atoms with E-state index in [1.165, 1.54) is 19.3 Å². The fraction of sp³-hybridized carbons (Fsp3) is 0.765. The van der Waals surface area contributed by atoms with Crippen LogP contribution in [-0.2, 0) is 16.9 Å². The van der Waals surface area contributed by atoms with Gasteiger partial charge < -0.3 is 10.1 Å². The molecule has 1 aromatic heterocycles. The van der Waals surface area contributed by atoms with Gasteiger partial charge in [-0.3, -0.25) is 0 Å². The zero-order valence-corrected chi connectivity index (χ0v) is 13.9. The molecule has 0 bridgehead atoms. The summed E-state index contributed by atoms with van der Waals surface area (Å²) in [5, 5.41) is 3.48. The van der Waals surface area contributed by atoms with Crippen LogP contribution < -0.4 is 5.32 Å². The zero-order valence-electron chi connectivity index (χ0n) is 13.9. The minimum Gasteiger partial charge on any atom is -0.367 e. The first-order valence-corrected chi connectivity index (χ1v) is 8.17. The summed E-state index contributed by atoms with van der Waals surface area (Å²) in [6.07, 6.45) is 7.65. The fourth-order valence-corrected chi connectivity index (χ4v) is 2.90. The molecule has 1 fully saturated rings. The predicted octanol–water partition coefficient (Wildman–Crippen LogP) is 3.56. The highest BCUT2D eigenvalue weighted by Gasteiger charge is 2.37. The van der Waals surface area contributed by atoms with Crippen molar-refractivity contribution in [2.45, 2.75) is 77.5 Å². The minimum absolute atomic E-state index is 0.0908. The number of hydrogen-bond acceptors (Lipinski definition) is 4. The third-order valence-electron chi connectivity index (χ3n) is 4.00. The van der Waals surface area contributed by atoms with Crippen molar-refractivity contribution in [2.75, 3.05) is 6.61 Å². The van der Waals surface area contributed by atoms with Gasteiger partial charge in [0.05, 0.1) is 5.69 Å². The van der Waals surface area contributed by atoms with Gasteiger partial charge in [0.15, 0.2) is 5.82 Å². The molecule has 0 unspecified atom stereocenters. The molecule has 4 heteroatoms. The Labute approximate surface area is 128 Å². The van der Waals surface area contributed by atoms with E-state index in [0.717, 1.165) is 30.9 Å². The highest BCUT2D eigenvalue weighted by atomic mass is 16.5. The molecule has 1 heterocycles. The number of rotatable bonds is 5. The van der Waals surface area contributed by atoms with Gasteiger partial charge in [-0.05, 0) is 46.6 Å². The van der Waals surface area contributed by atoms with Gasteiger partial charge in [-0.2, -0.15) is 0 Å². The molecule has 0 radical (unpaired) electrons. The van der Waals surface area contributed by atoms with E-state index in [9.17, 15) is 0 Å². The Balaban J connectivity index is 2.17. The van der Waals surface area contributed by atoms with Crippen LogP contribution in [0.3, 0.4) is 0 Å². The van der Waals surface area contributed by atoms with E-state index >= 15 is 0 Å². The van der Waals surface area contributed by atoms with Crippen molar-refractivity contribution in [3.05, 3.63) is 23.8 Å². The first kappa shape index (κ1) is 16.4. The monoisotopic (exact) mass is 291 g/mol. The maximum Gasteiger partial charge on any atom is 0.160 e. The number of nitrogens with one attached hydrogen (secondary N) is 1. The van der Waals surface area contributed by atoms with Gasteiger partial charge in [0, 0.05) is 24.9 Å². The van der Waals surface area contributed by atoms with Crippen LogP contribution in [0.15, 0.2) is 12.3 Å². The first-order chi connectivity index (χ1) is 9.95. The summed E-state index contributed by atoms with van der Waals surface area (Å²) in [6, 6.07) is 1.99. The highest BCUT2D eigenvalue weighted by Crippen LogP contribution is 2.38. The Morgan fingerprint density at radius 3 is 2.57 bits per heavy atom. The maximum atomic E-state index is 6.11. The quantitative estimate of drug-likeness (QED) is 0.901. The summed E-state index contributed by atoms with van der Waals surface area (Å²) in [7, 11) is 0. The standard InChI is InChI=1S/C17H29N3O/c1-5-21-17(10-7-6-8-11-17)15-18-12-9-14(20-15)13-19-16(2,3)4/h9,12,19H,5-8,10-11,13H2,1-4H3. The zero-order chi connectivity index (χ0) is 15.3. The lowest BCUT2D eigenvalue weighted by atomic mass is 9.83. The highest BCUT2D eigenvalue weighted by molar-refractivity contribution is 5.10. The maximum absolute atomic E-state index is 6.11. The molecule has 0 spiro atoms. The van der Waals surface area contributed by atoms with E-state index in [1.54, 1.807) is 0 Å². The fourth-order valence-electron chi connectivity index (χ4n) is 2.90. The van der Waals surface area contributed by atoms with Crippen LogP contribution in [0.5, 0.6) is 0 Å². The summed E-state index contributed by atoms with van der Waals surface area (Å²) >= 11 is 0. The summed E-state index contributed by atoms with van der Waals surface area (Å²) in [4.78, 5) is 9.33. The summed E-state index contributed by atoms with van der Waals surface area (Å²) in [5.74, 6) is 0.872. The van der Waals surface area contributed by atoms with E-state index in [1.807, 2.05) is 12.3 Å². The topological polar surface area (TPSA) is 47.0 Å². The number of hydrogen-bond donors (Lipinski definition) is 1. The van der Waals surface area contributed by atoms with Crippen molar-refractivity contribution in [1.82, 2.24) is 15.3 Å². The summed E-state index contributed by atoms with van der Waals surface area (Å²) < 4.78 is 6.11. The minimum atomic E-state index is -0.259. The van der Waals surface area contributed by atoms with E-state index in [-0.39, 0.29) is 11.1 Å². The van der Waals surface area contributed by atoms with E-state index < -0.39 is 0 Å². The Hall–Kier alpha value is -1.00. The Bertz CT molecular complexity index is 442. The summed E-state index contributed by atoms with van der Waals surface area (Å²) in [5.41, 5.74) is 0.873. The van der Waals surface area contributed by atoms with Crippen LogP contribution in [0.2, 0.25) is 0 Å². The first-order valence-electron chi connectivity index (χ1n) is 8.17. The van der Waals surface area contributed by atoms with Gasteiger partial charge >= 0.3 is 0 Å². The molecule has 0 saturated heterocycles. The molecule has 1 aliphatic carbocycles. The molecule has 118 valence electrons. The van der Waals surface area contributed by atoms with Crippen molar-refractivity contribution in [3.8, 4) is 0 Å². The normalized spacial score (nSPS) is 18.7. The molecule has 1 saturated carbocycles. The van der Waals surface area contributed by atoms with E-state index in [2.05, 4.69) is 38.0 Å². The molecule has 1 aromatic rings. The van der Waals surface area contributed by atoms with Crippen LogP contribution >= 0.6 is 0 Å². The summed E-state index contributed by atoms with van der Waals surface area (Å²) in [6.45, 7) is 10.0. The molecule has 0 aliphatic heterocycles. The third kappa shape index (κ3) is 4.48. The van der Waals surface area contributed by atoms with Crippen molar-refractivity contribution in [3.63, 3.8) is 0 Å². The third-order valence-corrected chi connectivity index (χ3v) is 4.00. The van der Waals surface area contributed by atoms with Crippen LogP contribution in [0, 0.1) is 0 Å². The molecule has 0 aromatic carbocycles. The van der Waals surface area contributed by atoms with Gasteiger partial charge in [0.2, 0.25) is 0 Å². The lowest BCUT2D eigenvalue weighted by Gasteiger charge is -2.35. The molecular formula is C17H29N3O. The molecular weight excluding hydrogens is 262 g/mol. The molecule has 4 nitrogen and oxygen atoms in total. The van der Waals surface area contributed by atoms with Crippen LogP contribution in [0.1, 0.15) is 71.3 Å². The van der Waals surface area contributed by atoms with Crippen molar-refractivity contribution >= 4 is 0 Å². The predicted molar refractivity (Wildman–Crippen MR) is 85.0 cm³/mol. The molecule has 0 amide bonds. The SMILES string of the molecule is CCOC1(c2nccc(CNC(C)(C)C)n2)CCCCC1. The second kappa shape index (κ2) is 6.84. The lowest BCUT2D eigenvalue weighted by molar-refractivity contribution is -0.0768. The van der Waals surface area contributed by atoms with Crippen LogP contribution in [0.25, 0.3) is 0 Å². The number of ether oxygens (including phenoxy) is 1. The van der Waals surface area contributed by atoms with E-state index in [4.69, 9.17) is 9.72 Å². The smallest absolute Gasteiger partial charge is 0.160 e. The van der Waals surface area contributed by atoms with Gasteiger partial charge in [0.25, 0.3) is 0 Å². The molecule has 1 N–H and O–H groups in total. The van der Waals surface area contributed by atoms with Crippen molar-refractivity contribution < 1.29 is 4.74 Å². The van der Waals surface area contributed by atoms with Crippen LogP contribution in [0.4, 0.5) is 0 Å². The van der Waals surface area contributed by atoms with Gasteiger partial charge in [-0.1, -0.05) is 19.3 Å². The second-order valence-electron chi connectivity index (χ2n) is 6.96. The molecule has 0 atom stereocenters. The second-order valence-corrected chi connectivity index (χ2v) is 6.96. The van der Waals surface area contributed by atoms with E-state index in [0.29, 0.717) is 6.61 Å². The van der Waals surface area contributed by atoms with Crippen molar-refractivity contribution in [2.24, 2.45) is 0 Å². The van der Waals surface area contributed by atoms with Gasteiger partial charge in [0.1, 0.15) is 5.60 Å². The molecule has 1 aliphatic rings. The average Bonchev–Trinajstić information content (AvgIpc) is 2.46. The Kier molecular flexibility index (Phi) is 5.33. The number of nitrogens with zero attached hydrogens (tertiary/aromatic N) is 2.